The molecule has 1 amide bonds. The first-order valence-electron chi connectivity index (χ1n) is 9.26. The summed E-state index contributed by atoms with van der Waals surface area (Å²) in [5.74, 6) is -0.358. The molecule has 25 heavy (non-hydrogen) atoms. The van der Waals surface area contributed by atoms with E-state index in [1.165, 1.54) is 0 Å². The van der Waals surface area contributed by atoms with E-state index in [-0.39, 0.29) is 28.3 Å². The van der Waals surface area contributed by atoms with Gasteiger partial charge in [0.05, 0.1) is 6.61 Å². The van der Waals surface area contributed by atoms with Crippen LogP contribution in [-0.2, 0) is 14.3 Å². The van der Waals surface area contributed by atoms with Gasteiger partial charge in [-0.15, -0.1) is 0 Å². The Morgan fingerprint density at radius 3 is 2.24 bits per heavy atom. The molecule has 1 saturated carbocycles. The molecule has 1 aliphatic rings. The smallest absolute Gasteiger partial charge is 0.404 e. The minimum Gasteiger partial charge on any atom is -0.462 e. The molecule has 0 aromatic heterocycles. The van der Waals surface area contributed by atoms with E-state index >= 15 is 0 Å². The second-order valence-electron chi connectivity index (χ2n) is 8.20. The number of rotatable bonds is 7. The molecule has 2 N–H and O–H groups in total. The maximum absolute atomic E-state index is 11.8. The highest BCUT2D eigenvalue weighted by Gasteiger charge is 2.61. The van der Waals surface area contributed by atoms with Gasteiger partial charge in [0, 0.05) is 11.0 Å². The van der Waals surface area contributed by atoms with E-state index in [0.717, 1.165) is 32.1 Å². The van der Waals surface area contributed by atoms with Gasteiger partial charge in [0.1, 0.15) is 6.10 Å². The summed E-state index contributed by atoms with van der Waals surface area (Å²) in [5.41, 5.74) is 5.36. The van der Waals surface area contributed by atoms with Gasteiger partial charge in [0.25, 0.3) is 0 Å². The number of hydrogen-bond acceptors (Lipinski definition) is 4. The topological polar surface area (TPSA) is 78.6 Å². The number of carbonyl (C=O) groups excluding carboxylic acids is 2. The summed E-state index contributed by atoms with van der Waals surface area (Å²) in [7, 11) is 0. The second kappa shape index (κ2) is 7.79. The van der Waals surface area contributed by atoms with Crippen LogP contribution in [-0.4, -0.2) is 24.8 Å². The van der Waals surface area contributed by atoms with Crippen LogP contribution in [0, 0.1) is 16.2 Å². The largest absolute Gasteiger partial charge is 0.462 e. The number of hydrogen-bond donors (Lipinski definition) is 1. The summed E-state index contributed by atoms with van der Waals surface area (Å²) >= 11 is 0. The van der Waals surface area contributed by atoms with Crippen LogP contribution in [0.15, 0.2) is 12.2 Å². The number of amides is 1. The number of esters is 1. The van der Waals surface area contributed by atoms with Gasteiger partial charge < -0.3 is 15.2 Å². The van der Waals surface area contributed by atoms with Crippen LogP contribution < -0.4 is 5.73 Å². The van der Waals surface area contributed by atoms with Crippen molar-refractivity contribution in [3.05, 3.63) is 12.2 Å². The van der Waals surface area contributed by atoms with E-state index < -0.39 is 6.09 Å². The molecule has 0 spiro atoms. The highest BCUT2D eigenvalue weighted by atomic mass is 16.6. The Morgan fingerprint density at radius 1 is 1.20 bits per heavy atom. The van der Waals surface area contributed by atoms with Crippen molar-refractivity contribution in [2.75, 3.05) is 6.61 Å². The van der Waals surface area contributed by atoms with E-state index in [9.17, 15) is 9.59 Å². The van der Waals surface area contributed by atoms with Gasteiger partial charge in [-0.1, -0.05) is 47.6 Å². The van der Waals surface area contributed by atoms with Crippen LogP contribution in [0.2, 0.25) is 0 Å². The van der Waals surface area contributed by atoms with Crippen LogP contribution in [0.5, 0.6) is 0 Å². The molecule has 5 nitrogen and oxygen atoms in total. The van der Waals surface area contributed by atoms with Crippen molar-refractivity contribution in [3.8, 4) is 0 Å². The number of nitrogens with two attached hydrogens (primary N) is 1. The van der Waals surface area contributed by atoms with E-state index in [2.05, 4.69) is 41.2 Å². The number of primary amides is 1. The van der Waals surface area contributed by atoms with Gasteiger partial charge >= 0.3 is 12.1 Å². The minimum absolute atomic E-state index is 0.0678. The second-order valence-corrected chi connectivity index (χ2v) is 8.20. The lowest BCUT2D eigenvalue weighted by Crippen LogP contribution is -2.60. The monoisotopic (exact) mass is 353 g/mol. The van der Waals surface area contributed by atoms with Crippen molar-refractivity contribution >= 4 is 12.1 Å². The summed E-state index contributed by atoms with van der Waals surface area (Å²) in [6.07, 6.45) is 3.44. The van der Waals surface area contributed by atoms with Gasteiger partial charge in [-0.25, -0.2) is 9.59 Å². The quantitative estimate of drug-likeness (QED) is 0.536. The van der Waals surface area contributed by atoms with E-state index in [0.29, 0.717) is 12.2 Å². The van der Waals surface area contributed by atoms with Gasteiger partial charge in [0.2, 0.25) is 0 Å². The van der Waals surface area contributed by atoms with E-state index in [4.69, 9.17) is 15.2 Å². The maximum Gasteiger partial charge on any atom is 0.404 e. The summed E-state index contributed by atoms with van der Waals surface area (Å²) in [6, 6.07) is 0. The third-order valence-corrected chi connectivity index (χ3v) is 6.90. The first-order chi connectivity index (χ1) is 11.5. The lowest BCUT2D eigenvalue weighted by atomic mass is 9.43. The molecule has 3 atom stereocenters. The predicted molar refractivity (Wildman–Crippen MR) is 99.0 cm³/mol. The van der Waals surface area contributed by atoms with Crippen LogP contribution in [0.1, 0.15) is 73.6 Å². The third kappa shape index (κ3) is 3.85. The van der Waals surface area contributed by atoms with Crippen molar-refractivity contribution in [2.45, 2.75) is 79.8 Å². The summed E-state index contributed by atoms with van der Waals surface area (Å²) in [4.78, 5) is 23.2. The lowest BCUT2D eigenvalue weighted by Gasteiger charge is -2.63. The molecule has 3 unspecified atom stereocenters. The molecule has 1 fully saturated rings. The zero-order chi connectivity index (χ0) is 19.5. The molecular weight excluding hydrogens is 318 g/mol. The molecule has 0 saturated heterocycles. The van der Waals surface area contributed by atoms with Crippen LogP contribution >= 0.6 is 0 Å². The van der Waals surface area contributed by atoms with Crippen molar-refractivity contribution in [3.63, 3.8) is 0 Å². The summed E-state index contributed by atoms with van der Waals surface area (Å²) in [6.45, 7) is 16.6. The third-order valence-electron chi connectivity index (χ3n) is 6.90. The minimum atomic E-state index is -0.725. The molecule has 0 aliphatic heterocycles. The molecule has 144 valence electrons. The molecule has 1 aliphatic carbocycles. The molecule has 0 bridgehead atoms. The molecule has 0 aromatic rings. The van der Waals surface area contributed by atoms with Crippen molar-refractivity contribution in [1.29, 1.82) is 0 Å². The Hall–Kier alpha value is -1.52. The average molecular weight is 354 g/mol. The Bertz CT molecular complexity index is 528. The fraction of sp³-hybridized carbons (Fsp3) is 0.800. The van der Waals surface area contributed by atoms with E-state index in [1.807, 2.05) is 0 Å². The fourth-order valence-electron chi connectivity index (χ4n) is 5.12. The first kappa shape index (κ1) is 21.5. The predicted octanol–water partition coefficient (Wildman–Crippen LogP) is 4.59. The van der Waals surface area contributed by atoms with Gasteiger partial charge in [0.15, 0.2) is 0 Å². The van der Waals surface area contributed by atoms with Gasteiger partial charge in [-0.3, -0.25) is 0 Å². The fourth-order valence-corrected chi connectivity index (χ4v) is 5.12. The Morgan fingerprint density at radius 2 is 1.80 bits per heavy atom. The van der Waals surface area contributed by atoms with Gasteiger partial charge in [-0.2, -0.15) is 0 Å². The van der Waals surface area contributed by atoms with Gasteiger partial charge in [-0.05, 0) is 43.4 Å². The average Bonchev–Trinajstić information content (AvgIpc) is 2.53. The molecule has 5 heteroatoms. The standard InChI is InChI=1S/C20H35NO4/c1-8-19(7)11-10-15(25-17(21)23)18(5,6)20(19,9-2)12-13-24-16(22)14(3)4/h15H,3,8-13H2,1-2,4-7H3,(H2,21,23). The zero-order valence-corrected chi connectivity index (χ0v) is 16.7. The highest BCUT2D eigenvalue weighted by Crippen LogP contribution is 2.65. The summed E-state index contributed by atoms with van der Waals surface area (Å²) < 4.78 is 10.9. The number of ether oxygens (including phenoxy) is 2. The van der Waals surface area contributed by atoms with Crippen molar-refractivity contribution in [2.24, 2.45) is 22.0 Å². The molecule has 0 heterocycles. The number of carbonyl (C=O) groups is 2. The van der Waals surface area contributed by atoms with Crippen molar-refractivity contribution in [1.82, 2.24) is 0 Å². The Kier molecular flexibility index (Phi) is 6.71. The lowest BCUT2D eigenvalue weighted by molar-refractivity contribution is -0.182. The highest BCUT2D eigenvalue weighted by molar-refractivity contribution is 5.86. The molecular formula is C20H35NO4. The zero-order valence-electron chi connectivity index (χ0n) is 16.7. The van der Waals surface area contributed by atoms with Crippen LogP contribution in [0.3, 0.4) is 0 Å². The SMILES string of the molecule is C=C(C)C(=O)OCCC1(CC)C(C)(CC)CCC(OC(N)=O)C1(C)C. The van der Waals surface area contributed by atoms with Crippen LogP contribution in [0.25, 0.3) is 0 Å². The Labute approximate surface area is 152 Å². The molecule has 0 aromatic carbocycles. The summed E-state index contributed by atoms with van der Waals surface area (Å²) in [5, 5.41) is 0. The van der Waals surface area contributed by atoms with Crippen LogP contribution in [0.4, 0.5) is 4.79 Å². The van der Waals surface area contributed by atoms with Crippen molar-refractivity contribution < 1.29 is 19.1 Å². The first-order valence-corrected chi connectivity index (χ1v) is 9.26. The Balaban J connectivity index is 3.17. The molecule has 0 radical (unpaired) electrons. The maximum atomic E-state index is 11.8. The normalized spacial score (nSPS) is 31.2. The van der Waals surface area contributed by atoms with E-state index in [1.54, 1.807) is 6.92 Å². The molecule has 1 rings (SSSR count).